The number of rotatable bonds is 3. The zero-order chi connectivity index (χ0) is 14.3. The smallest absolute Gasteiger partial charge is 0.228 e. The molecule has 8 nitrogen and oxygen atoms in total. The van der Waals surface area contributed by atoms with Gasteiger partial charge in [-0.25, -0.2) is 14.6 Å². The molecular formula is C11H13IN4O4. The first-order valence-electron chi connectivity index (χ1n) is 6.02. The Morgan fingerprint density at radius 1 is 1.55 bits per heavy atom. The van der Waals surface area contributed by atoms with Gasteiger partial charge in [-0.15, -0.1) is 0 Å². The molecule has 2 aromatic heterocycles. The van der Waals surface area contributed by atoms with E-state index in [9.17, 15) is 5.11 Å². The lowest BCUT2D eigenvalue weighted by Gasteiger charge is -2.12. The number of aromatic nitrogens is 4. The molecule has 108 valence electrons. The molecule has 1 saturated heterocycles. The summed E-state index contributed by atoms with van der Waals surface area (Å²) < 4.78 is 13.1. The lowest BCUT2D eigenvalue weighted by molar-refractivity contribution is -0.0471. The zero-order valence-electron chi connectivity index (χ0n) is 10.6. The molecule has 1 aliphatic heterocycles. The Morgan fingerprint density at radius 2 is 2.35 bits per heavy atom. The quantitative estimate of drug-likeness (QED) is 0.714. The van der Waals surface area contributed by atoms with Gasteiger partial charge in [-0.3, -0.25) is 0 Å². The van der Waals surface area contributed by atoms with Crippen molar-refractivity contribution in [2.45, 2.75) is 24.9 Å². The average molecular weight is 392 g/mol. The van der Waals surface area contributed by atoms with Gasteiger partial charge in [0.1, 0.15) is 21.5 Å². The van der Waals surface area contributed by atoms with Crippen LogP contribution in [0.1, 0.15) is 12.6 Å². The lowest BCUT2D eigenvalue weighted by atomic mass is 10.2. The summed E-state index contributed by atoms with van der Waals surface area (Å²) in [5.41, 5.74) is 0.581. The van der Waals surface area contributed by atoms with Crippen LogP contribution in [0.15, 0.2) is 6.33 Å². The van der Waals surface area contributed by atoms with Crippen LogP contribution in [0, 0.1) is 3.70 Å². The number of ether oxygens (including phenoxy) is 2. The van der Waals surface area contributed by atoms with E-state index in [2.05, 4.69) is 37.7 Å². The summed E-state index contributed by atoms with van der Waals surface area (Å²) in [5.74, 6) is 0.447. The third kappa shape index (κ3) is 2.14. The fourth-order valence-electron chi connectivity index (χ4n) is 2.29. The van der Waals surface area contributed by atoms with E-state index in [0.717, 1.165) is 0 Å². The minimum absolute atomic E-state index is 0.230. The molecule has 2 N–H and O–H groups in total. The van der Waals surface area contributed by atoms with Gasteiger partial charge in [0.25, 0.3) is 0 Å². The fraction of sp³-hybridized carbons (Fsp3) is 0.545. The largest absolute Gasteiger partial charge is 0.480 e. The van der Waals surface area contributed by atoms with Gasteiger partial charge in [0.05, 0.1) is 19.8 Å². The third-order valence-corrected chi connectivity index (χ3v) is 4.02. The normalized spacial score (nSPS) is 26.3. The second-order valence-electron chi connectivity index (χ2n) is 4.43. The lowest BCUT2D eigenvalue weighted by Crippen LogP contribution is -2.24. The molecule has 2 aromatic rings. The van der Waals surface area contributed by atoms with Crippen molar-refractivity contribution in [2.24, 2.45) is 0 Å². The molecule has 1 aliphatic rings. The van der Waals surface area contributed by atoms with Gasteiger partial charge >= 0.3 is 0 Å². The number of halogens is 1. The van der Waals surface area contributed by atoms with Crippen LogP contribution in [-0.2, 0) is 4.74 Å². The minimum atomic E-state index is -0.717. The second-order valence-corrected chi connectivity index (χ2v) is 5.45. The Kier molecular flexibility index (Phi) is 3.75. The molecule has 3 rings (SSSR count). The molecule has 0 bridgehead atoms. The topological polar surface area (TPSA) is 103 Å². The average Bonchev–Trinajstić information content (AvgIpc) is 2.99. The predicted octanol–water partition coefficient (Wildman–Crippen LogP) is 0.0802. The second kappa shape index (κ2) is 5.39. The highest BCUT2D eigenvalue weighted by Crippen LogP contribution is 2.33. The Bertz CT molecular complexity index is 634. The molecule has 3 atom stereocenters. The zero-order valence-corrected chi connectivity index (χ0v) is 12.8. The molecule has 0 aliphatic carbocycles. The van der Waals surface area contributed by atoms with Crippen molar-refractivity contribution in [3.05, 3.63) is 10.0 Å². The number of hydrogen-bond acceptors (Lipinski definition) is 7. The van der Waals surface area contributed by atoms with Crippen LogP contribution in [0.25, 0.3) is 11.0 Å². The molecule has 0 amide bonds. The van der Waals surface area contributed by atoms with Gasteiger partial charge in [0.15, 0.2) is 11.9 Å². The SMILES string of the molecule is COc1ncnc2c1c(I)nn2[C@H]1C[C@H](O)[C@@H](CO)O1. The summed E-state index contributed by atoms with van der Waals surface area (Å²) in [7, 11) is 1.53. The number of fused-ring (bicyclic) bond motifs is 1. The van der Waals surface area contributed by atoms with E-state index < -0.39 is 18.4 Å². The summed E-state index contributed by atoms with van der Waals surface area (Å²) in [6.07, 6.45) is -0.0339. The maximum Gasteiger partial charge on any atom is 0.228 e. The van der Waals surface area contributed by atoms with Crippen molar-refractivity contribution in [3.8, 4) is 5.88 Å². The molecule has 3 heterocycles. The van der Waals surface area contributed by atoms with Crippen LogP contribution >= 0.6 is 22.6 Å². The number of aliphatic hydroxyl groups excluding tert-OH is 2. The highest BCUT2D eigenvalue weighted by molar-refractivity contribution is 14.1. The van der Waals surface area contributed by atoms with Crippen LogP contribution in [0.5, 0.6) is 5.88 Å². The van der Waals surface area contributed by atoms with Crippen molar-refractivity contribution >= 4 is 33.6 Å². The van der Waals surface area contributed by atoms with Crippen molar-refractivity contribution < 1.29 is 19.7 Å². The molecule has 0 spiro atoms. The summed E-state index contributed by atoms with van der Waals surface area (Å²) in [6, 6.07) is 0. The number of nitrogens with zero attached hydrogens (tertiary/aromatic N) is 4. The van der Waals surface area contributed by atoms with E-state index >= 15 is 0 Å². The van der Waals surface area contributed by atoms with E-state index in [1.807, 2.05) is 0 Å². The minimum Gasteiger partial charge on any atom is -0.480 e. The van der Waals surface area contributed by atoms with Gasteiger partial charge in [-0.05, 0) is 22.6 Å². The standard InChI is InChI=1S/C11H13IN4O4/c1-19-11-8-9(12)15-16(10(8)13-4-14-11)7-2-5(18)6(3-17)20-7/h4-7,17-18H,2-3H2,1H3/t5-,6+,7+/m0/s1. The first-order chi connectivity index (χ1) is 9.65. The van der Waals surface area contributed by atoms with Crippen LogP contribution in [0.4, 0.5) is 0 Å². The molecule has 0 radical (unpaired) electrons. The van der Waals surface area contributed by atoms with E-state index in [0.29, 0.717) is 27.0 Å². The monoisotopic (exact) mass is 392 g/mol. The van der Waals surface area contributed by atoms with Crippen LogP contribution < -0.4 is 4.74 Å². The highest BCUT2D eigenvalue weighted by atomic mass is 127. The maximum atomic E-state index is 9.81. The summed E-state index contributed by atoms with van der Waals surface area (Å²) in [4.78, 5) is 8.26. The van der Waals surface area contributed by atoms with E-state index in [-0.39, 0.29) is 6.61 Å². The van der Waals surface area contributed by atoms with Crippen LogP contribution in [0.2, 0.25) is 0 Å². The molecular weight excluding hydrogens is 379 g/mol. The summed E-state index contributed by atoms with van der Waals surface area (Å²) >= 11 is 2.07. The van der Waals surface area contributed by atoms with Crippen LogP contribution in [0.3, 0.4) is 0 Å². The number of hydrogen-bond donors (Lipinski definition) is 2. The third-order valence-electron chi connectivity index (χ3n) is 3.26. The number of methoxy groups -OCH3 is 1. The van der Waals surface area contributed by atoms with Crippen molar-refractivity contribution in [2.75, 3.05) is 13.7 Å². The molecule has 20 heavy (non-hydrogen) atoms. The van der Waals surface area contributed by atoms with Gasteiger partial charge in [-0.2, -0.15) is 5.10 Å². The summed E-state index contributed by atoms with van der Waals surface area (Å²) in [5, 5.41) is 24.1. The Morgan fingerprint density at radius 3 is 3.00 bits per heavy atom. The molecule has 1 fully saturated rings. The molecule has 0 aromatic carbocycles. The van der Waals surface area contributed by atoms with Crippen molar-refractivity contribution in [1.82, 2.24) is 19.7 Å². The van der Waals surface area contributed by atoms with E-state index in [1.54, 1.807) is 4.68 Å². The first-order valence-corrected chi connectivity index (χ1v) is 7.10. The summed E-state index contributed by atoms with van der Waals surface area (Å²) in [6.45, 7) is -0.230. The Labute approximate surface area is 127 Å². The first kappa shape index (κ1) is 13.9. The van der Waals surface area contributed by atoms with E-state index in [1.165, 1.54) is 13.4 Å². The molecule has 0 unspecified atom stereocenters. The van der Waals surface area contributed by atoms with E-state index in [4.69, 9.17) is 14.6 Å². The highest BCUT2D eigenvalue weighted by Gasteiger charge is 2.36. The molecule has 0 saturated carbocycles. The van der Waals surface area contributed by atoms with Crippen molar-refractivity contribution in [3.63, 3.8) is 0 Å². The van der Waals surface area contributed by atoms with Gasteiger partial charge < -0.3 is 19.7 Å². The van der Waals surface area contributed by atoms with Crippen molar-refractivity contribution in [1.29, 1.82) is 0 Å². The Balaban J connectivity index is 2.05. The number of aliphatic hydroxyl groups is 2. The van der Waals surface area contributed by atoms with Gasteiger partial charge in [0, 0.05) is 6.42 Å². The fourth-order valence-corrected chi connectivity index (χ4v) is 3.00. The predicted molar refractivity (Wildman–Crippen MR) is 76.2 cm³/mol. The van der Waals surface area contributed by atoms with Gasteiger partial charge in [-0.1, -0.05) is 0 Å². The van der Waals surface area contributed by atoms with Crippen LogP contribution in [-0.4, -0.2) is 55.9 Å². The molecule has 9 heteroatoms. The maximum absolute atomic E-state index is 9.81. The Hall–Kier alpha value is -1.04. The van der Waals surface area contributed by atoms with Gasteiger partial charge in [0.2, 0.25) is 5.88 Å².